The minimum absolute atomic E-state index is 0.0796. The van der Waals surface area contributed by atoms with Gasteiger partial charge in [-0.1, -0.05) is 52.7 Å². The molecule has 1 rings (SSSR count). The number of hydrogen-bond acceptors (Lipinski definition) is 1. The van der Waals surface area contributed by atoms with Gasteiger partial charge in [0.05, 0.1) is 6.61 Å². The maximum absolute atomic E-state index is 14.1. The molecule has 0 aromatic carbocycles. The van der Waals surface area contributed by atoms with Crippen molar-refractivity contribution >= 4 is 0 Å². The first kappa shape index (κ1) is 18.9. The van der Waals surface area contributed by atoms with Crippen molar-refractivity contribution in [1.29, 1.82) is 0 Å². The van der Waals surface area contributed by atoms with E-state index < -0.39 is 11.7 Å². The van der Waals surface area contributed by atoms with Gasteiger partial charge in [-0.15, -0.1) is 0 Å². The molecule has 1 aliphatic rings. The molecular formula is C19H30F2O. The van der Waals surface area contributed by atoms with Crippen LogP contribution in [-0.4, -0.2) is 6.61 Å². The van der Waals surface area contributed by atoms with Crippen molar-refractivity contribution < 1.29 is 13.5 Å². The third-order valence-electron chi connectivity index (χ3n) is 4.89. The Kier molecular flexibility index (Phi) is 7.84. The van der Waals surface area contributed by atoms with E-state index in [4.69, 9.17) is 4.74 Å². The van der Waals surface area contributed by atoms with Crippen LogP contribution in [0.25, 0.3) is 0 Å². The van der Waals surface area contributed by atoms with Gasteiger partial charge in [0, 0.05) is 0 Å². The lowest BCUT2D eigenvalue weighted by atomic mass is 9.85. The highest BCUT2D eigenvalue weighted by molar-refractivity contribution is 5.33. The smallest absolute Gasteiger partial charge is 0.200 e. The molecule has 2 atom stereocenters. The summed E-state index contributed by atoms with van der Waals surface area (Å²) in [6, 6.07) is 0. The highest BCUT2D eigenvalue weighted by atomic mass is 19.2. The van der Waals surface area contributed by atoms with Crippen molar-refractivity contribution in [2.75, 3.05) is 6.61 Å². The number of hydrogen-bond donors (Lipinski definition) is 0. The summed E-state index contributed by atoms with van der Waals surface area (Å²) in [7, 11) is 0. The van der Waals surface area contributed by atoms with Gasteiger partial charge in [0.25, 0.3) is 0 Å². The fourth-order valence-corrected chi connectivity index (χ4v) is 3.17. The molecule has 0 radical (unpaired) electrons. The Bertz CT molecular complexity index is 419. The average Bonchev–Trinajstić information content (AvgIpc) is 3.04. The summed E-state index contributed by atoms with van der Waals surface area (Å²) in [5.41, 5.74) is 0.206. The summed E-state index contributed by atoms with van der Waals surface area (Å²) in [4.78, 5) is 0. The Labute approximate surface area is 134 Å². The van der Waals surface area contributed by atoms with Crippen molar-refractivity contribution in [2.24, 2.45) is 17.8 Å². The van der Waals surface area contributed by atoms with E-state index in [0.717, 1.165) is 18.8 Å². The van der Waals surface area contributed by atoms with E-state index in [1.54, 1.807) is 6.92 Å². The summed E-state index contributed by atoms with van der Waals surface area (Å²) in [5, 5.41) is 0. The SMILES string of the molecule is C=C(OCC)/C(F)=C(/F)C(=C)C(C)CCC(C)C1CCCC1. The summed E-state index contributed by atoms with van der Waals surface area (Å²) in [5.74, 6) is -0.831. The predicted octanol–water partition coefficient (Wildman–Crippen LogP) is 6.49. The zero-order chi connectivity index (χ0) is 16.7. The molecule has 1 fully saturated rings. The Morgan fingerprint density at radius 2 is 1.68 bits per heavy atom. The van der Waals surface area contributed by atoms with Gasteiger partial charge in [-0.3, -0.25) is 0 Å². The molecule has 1 saturated carbocycles. The van der Waals surface area contributed by atoms with Gasteiger partial charge in [-0.2, -0.15) is 4.39 Å². The number of halogens is 2. The molecule has 126 valence electrons. The van der Waals surface area contributed by atoms with E-state index in [-0.39, 0.29) is 23.9 Å². The summed E-state index contributed by atoms with van der Waals surface area (Å²) < 4.78 is 32.9. The molecule has 0 amide bonds. The second-order valence-electron chi connectivity index (χ2n) is 6.51. The quantitative estimate of drug-likeness (QED) is 0.349. The molecule has 0 spiro atoms. The molecule has 0 N–H and O–H groups in total. The first-order valence-corrected chi connectivity index (χ1v) is 8.44. The van der Waals surface area contributed by atoms with Crippen molar-refractivity contribution in [3.63, 3.8) is 0 Å². The fraction of sp³-hybridized carbons (Fsp3) is 0.684. The molecule has 1 aliphatic carbocycles. The molecule has 22 heavy (non-hydrogen) atoms. The lowest BCUT2D eigenvalue weighted by Crippen LogP contribution is -2.10. The van der Waals surface area contributed by atoms with Crippen LogP contribution in [0.5, 0.6) is 0 Å². The lowest BCUT2D eigenvalue weighted by molar-refractivity contribution is 0.223. The first-order valence-electron chi connectivity index (χ1n) is 8.44. The number of allylic oxidation sites excluding steroid dienone is 3. The molecule has 1 nitrogen and oxygen atoms in total. The van der Waals surface area contributed by atoms with E-state index in [2.05, 4.69) is 20.1 Å². The normalized spacial score (nSPS) is 19.5. The second-order valence-corrected chi connectivity index (χ2v) is 6.51. The molecule has 0 aliphatic heterocycles. The van der Waals surface area contributed by atoms with Gasteiger partial charge in [0.1, 0.15) is 0 Å². The van der Waals surface area contributed by atoms with Crippen LogP contribution in [-0.2, 0) is 4.74 Å². The molecule has 2 unspecified atom stereocenters. The Hall–Kier alpha value is -1.12. The third-order valence-corrected chi connectivity index (χ3v) is 4.89. The predicted molar refractivity (Wildman–Crippen MR) is 88.7 cm³/mol. The van der Waals surface area contributed by atoms with Crippen LogP contribution in [0, 0.1) is 17.8 Å². The first-order chi connectivity index (χ1) is 10.4. The zero-order valence-corrected chi connectivity index (χ0v) is 14.3. The van der Waals surface area contributed by atoms with E-state index in [9.17, 15) is 8.78 Å². The van der Waals surface area contributed by atoms with Crippen LogP contribution in [0.4, 0.5) is 8.78 Å². The van der Waals surface area contributed by atoms with Crippen LogP contribution in [0.15, 0.2) is 36.1 Å². The van der Waals surface area contributed by atoms with Crippen molar-refractivity contribution in [3.05, 3.63) is 36.1 Å². The van der Waals surface area contributed by atoms with E-state index in [1.807, 2.05) is 6.92 Å². The summed E-state index contributed by atoms with van der Waals surface area (Å²) in [6.45, 7) is 13.3. The molecule has 0 aromatic rings. The van der Waals surface area contributed by atoms with Gasteiger partial charge in [0.2, 0.25) is 0 Å². The van der Waals surface area contributed by atoms with Crippen LogP contribution < -0.4 is 0 Å². The maximum Gasteiger partial charge on any atom is 0.200 e. The van der Waals surface area contributed by atoms with Crippen LogP contribution in [0.1, 0.15) is 59.3 Å². The molecular weight excluding hydrogens is 282 g/mol. The van der Waals surface area contributed by atoms with Gasteiger partial charge < -0.3 is 4.74 Å². The van der Waals surface area contributed by atoms with E-state index in [0.29, 0.717) is 5.92 Å². The van der Waals surface area contributed by atoms with Gasteiger partial charge >= 0.3 is 0 Å². The van der Waals surface area contributed by atoms with E-state index >= 15 is 0 Å². The monoisotopic (exact) mass is 312 g/mol. The maximum atomic E-state index is 14.1. The van der Waals surface area contributed by atoms with Crippen LogP contribution in [0.3, 0.4) is 0 Å². The summed E-state index contributed by atoms with van der Waals surface area (Å²) >= 11 is 0. The topological polar surface area (TPSA) is 9.23 Å². The molecule has 3 heteroatoms. The molecule has 0 aromatic heterocycles. The van der Waals surface area contributed by atoms with Gasteiger partial charge in [-0.05, 0) is 43.1 Å². The Morgan fingerprint density at radius 1 is 1.09 bits per heavy atom. The highest BCUT2D eigenvalue weighted by Crippen LogP contribution is 2.36. The minimum Gasteiger partial charge on any atom is -0.491 e. The summed E-state index contributed by atoms with van der Waals surface area (Å²) in [6.07, 6.45) is 7.16. The molecule has 0 heterocycles. The number of ether oxygens (including phenoxy) is 1. The Morgan fingerprint density at radius 3 is 2.23 bits per heavy atom. The van der Waals surface area contributed by atoms with Gasteiger partial charge in [-0.25, -0.2) is 4.39 Å². The number of rotatable bonds is 9. The lowest BCUT2D eigenvalue weighted by Gasteiger charge is -2.21. The second kappa shape index (κ2) is 9.12. The third kappa shape index (κ3) is 5.26. The standard InChI is InChI=1S/C19H30F2O/c1-6-22-16(5)19(21)18(20)15(4)13(2)11-12-14(3)17-9-7-8-10-17/h13-14,17H,4-12H2,1-3H3/b19-18-. The fourth-order valence-electron chi connectivity index (χ4n) is 3.17. The molecule has 0 saturated heterocycles. The van der Waals surface area contributed by atoms with Gasteiger partial charge in [0.15, 0.2) is 17.4 Å². The van der Waals surface area contributed by atoms with Crippen LogP contribution >= 0.6 is 0 Å². The Balaban J connectivity index is 2.52. The van der Waals surface area contributed by atoms with E-state index in [1.165, 1.54) is 25.7 Å². The van der Waals surface area contributed by atoms with Crippen molar-refractivity contribution in [1.82, 2.24) is 0 Å². The average molecular weight is 312 g/mol. The van der Waals surface area contributed by atoms with Crippen molar-refractivity contribution in [3.8, 4) is 0 Å². The minimum atomic E-state index is -1.03. The largest absolute Gasteiger partial charge is 0.491 e. The zero-order valence-electron chi connectivity index (χ0n) is 14.3. The van der Waals surface area contributed by atoms with Crippen LogP contribution in [0.2, 0.25) is 0 Å². The highest BCUT2D eigenvalue weighted by Gasteiger charge is 2.23. The molecule has 0 bridgehead atoms. The van der Waals surface area contributed by atoms with Crippen molar-refractivity contribution in [2.45, 2.75) is 59.3 Å².